The number of aliphatic hydroxyl groups is 1. The van der Waals surface area contributed by atoms with Crippen molar-refractivity contribution in [3.63, 3.8) is 0 Å². The third-order valence-corrected chi connectivity index (χ3v) is 4.16. The maximum atomic E-state index is 12.0. The number of aliphatic carboxylic acids is 1. The van der Waals surface area contributed by atoms with Gasteiger partial charge in [0.2, 0.25) is 0 Å². The number of nitrogens with zero attached hydrogens (tertiary/aromatic N) is 3. The number of aromatic amines is 1. The fourth-order valence-corrected chi connectivity index (χ4v) is 3.13. The van der Waals surface area contributed by atoms with Crippen LogP contribution < -0.4 is 5.56 Å². The van der Waals surface area contributed by atoms with Crippen LogP contribution in [-0.2, 0) is 30.2 Å². The minimum atomic E-state index is -1.14. The standard InChI is InChI=1S/C16H20N4O8/c1-7(21)26-5-10-9(27-8(2)22)3-12(28-10)20-11(4-13(23)24)19-14-15(20)17-6-18-16(14)25/h6,8-10,12,22H,3-5H2,1-2H3,(H,23,24)(H,17,18,25)/t8?,9?,10-,12-/m1/s1. The predicted molar refractivity (Wildman–Crippen MR) is 91.2 cm³/mol. The largest absolute Gasteiger partial charge is 0.481 e. The number of carbonyl (C=O) groups excluding carboxylic acids is 1. The zero-order valence-electron chi connectivity index (χ0n) is 15.2. The number of hydrogen-bond acceptors (Lipinski definition) is 9. The number of fused-ring (bicyclic) bond motifs is 1. The van der Waals surface area contributed by atoms with Gasteiger partial charge in [-0.3, -0.25) is 19.0 Å². The molecule has 0 radical (unpaired) electrons. The molecule has 1 aliphatic heterocycles. The molecule has 4 atom stereocenters. The fourth-order valence-electron chi connectivity index (χ4n) is 3.13. The highest BCUT2D eigenvalue weighted by atomic mass is 16.6. The van der Waals surface area contributed by atoms with E-state index in [1.165, 1.54) is 24.7 Å². The zero-order valence-corrected chi connectivity index (χ0v) is 15.2. The maximum Gasteiger partial charge on any atom is 0.311 e. The van der Waals surface area contributed by atoms with E-state index in [-0.39, 0.29) is 30.0 Å². The van der Waals surface area contributed by atoms with Gasteiger partial charge in [0.1, 0.15) is 31.2 Å². The first-order valence-electron chi connectivity index (χ1n) is 8.55. The molecule has 0 amide bonds. The molecule has 0 saturated carbocycles. The van der Waals surface area contributed by atoms with Gasteiger partial charge in [0.15, 0.2) is 17.5 Å². The molecule has 0 aliphatic carbocycles. The molecule has 0 bridgehead atoms. The second kappa shape index (κ2) is 8.04. The van der Waals surface area contributed by atoms with E-state index in [1.54, 1.807) is 0 Å². The van der Waals surface area contributed by atoms with Crippen molar-refractivity contribution in [3.8, 4) is 0 Å². The van der Waals surface area contributed by atoms with Crippen LogP contribution in [0.2, 0.25) is 0 Å². The minimum Gasteiger partial charge on any atom is -0.481 e. The van der Waals surface area contributed by atoms with E-state index in [0.29, 0.717) is 0 Å². The molecule has 3 heterocycles. The van der Waals surface area contributed by atoms with Crippen LogP contribution in [0.5, 0.6) is 0 Å². The van der Waals surface area contributed by atoms with Crippen LogP contribution >= 0.6 is 0 Å². The third kappa shape index (κ3) is 4.18. The Hall–Kier alpha value is -2.83. The number of ether oxygens (including phenoxy) is 3. The van der Waals surface area contributed by atoms with Crippen LogP contribution in [0, 0.1) is 0 Å². The summed E-state index contributed by atoms with van der Waals surface area (Å²) >= 11 is 0. The van der Waals surface area contributed by atoms with Crippen LogP contribution in [0.1, 0.15) is 32.3 Å². The number of esters is 1. The number of carboxylic acids is 1. The molecule has 1 aliphatic rings. The topological polar surface area (TPSA) is 166 Å². The Bertz CT molecular complexity index is 936. The number of nitrogens with one attached hydrogen (secondary N) is 1. The van der Waals surface area contributed by atoms with Crippen LogP contribution in [0.4, 0.5) is 0 Å². The molecule has 1 saturated heterocycles. The van der Waals surface area contributed by atoms with Gasteiger partial charge in [-0.05, 0) is 6.92 Å². The summed E-state index contributed by atoms with van der Waals surface area (Å²) in [6.07, 6.45) is -2.29. The van der Waals surface area contributed by atoms with Gasteiger partial charge in [-0.2, -0.15) is 0 Å². The average molecular weight is 396 g/mol. The lowest BCUT2D eigenvalue weighted by Crippen LogP contribution is -2.32. The molecule has 12 heteroatoms. The summed E-state index contributed by atoms with van der Waals surface area (Å²) in [6, 6.07) is 0. The van der Waals surface area contributed by atoms with Gasteiger partial charge in [-0.25, -0.2) is 9.97 Å². The van der Waals surface area contributed by atoms with Gasteiger partial charge < -0.3 is 29.4 Å². The monoisotopic (exact) mass is 396 g/mol. The average Bonchev–Trinajstić information content (AvgIpc) is 3.13. The lowest BCUT2D eigenvalue weighted by atomic mass is 10.2. The van der Waals surface area contributed by atoms with E-state index >= 15 is 0 Å². The molecule has 28 heavy (non-hydrogen) atoms. The summed E-state index contributed by atoms with van der Waals surface area (Å²) in [5.74, 6) is -1.56. The first-order valence-corrected chi connectivity index (χ1v) is 8.55. The van der Waals surface area contributed by atoms with Gasteiger partial charge in [-0.15, -0.1) is 0 Å². The minimum absolute atomic E-state index is 0.0150. The van der Waals surface area contributed by atoms with Gasteiger partial charge in [0.05, 0.1) is 12.4 Å². The van der Waals surface area contributed by atoms with Crippen molar-refractivity contribution in [1.82, 2.24) is 19.5 Å². The number of rotatable bonds is 7. The molecule has 0 spiro atoms. The van der Waals surface area contributed by atoms with E-state index in [4.69, 9.17) is 14.2 Å². The Morgan fingerprint density at radius 2 is 2.25 bits per heavy atom. The van der Waals surface area contributed by atoms with E-state index in [1.807, 2.05) is 0 Å². The summed E-state index contributed by atoms with van der Waals surface area (Å²) in [6.45, 7) is 2.57. The van der Waals surface area contributed by atoms with Crippen molar-refractivity contribution in [1.29, 1.82) is 0 Å². The van der Waals surface area contributed by atoms with Gasteiger partial charge in [0.25, 0.3) is 5.56 Å². The molecule has 2 aromatic heterocycles. The number of aliphatic hydroxyl groups excluding tert-OH is 1. The Morgan fingerprint density at radius 3 is 2.89 bits per heavy atom. The second-order valence-corrected chi connectivity index (χ2v) is 6.31. The summed E-state index contributed by atoms with van der Waals surface area (Å²) in [4.78, 5) is 45.0. The van der Waals surface area contributed by atoms with E-state index in [0.717, 1.165) is 0 Å². The SMILES string of the molecule is CC(=O)OC[C@H]1O[C@@H](n2c(CC(=O)O)nc3c(=O)[nH]cnc32)CC1OC(C)O. The van der Waals surface area contributed by atoms with Crippen LogP contribution in [-0.4, -0.2) is 66.8 Å². The van der Waals surface area contributed by atoms with Crippen LogP contribution in [0.25, 0.3) is 11.2 Å². The quantitative estimate of drug-likeness (QED) is 0.403. The van der Waals surface area contributed by atoms with E-state index in [9.17, 15) is 24.6 Å². The second-order valence-electron chi connectivity index (χ2n) is 6.31. The van der Waals surface area contributed by atoms with Crippen molar-refractivity contribution in [2.24, 2.45) is 0 Å². The van der Waals surface area contributed by atoms with Crippen molar-refractivity contribution in [2.45, 2.75) is 51.4 Å². The van der Waals surface area contributed by atoms with Crippen LogP contribution in [0.3, 0.4) is 0 Å². The maximum absolute atomic E-state index is 12.0. The lowest BCUT2D eigenvalue weighted by Gasteiger charge is -2.19. The third-order valence-electron chi connectivity index (χ3n) is 4.16. The zero-order chi connectivity index (χ0) is 20.4. The van der Waals surface area contributed by atoms with E-state index in [2.05, 4.69) is 15.0 Å². The highest BCUT2D eigenvalue weighted by Crippen LogP contribution is 2.34. The Labute approximate surface area is 158 Å². The number of H-pyrrole nitrogens is 1. The number of carboxylic acid groups (broad SMARTS) is 1. The normalized spacial score (nSPS) is 23.0. The molecule has 2 unspecified atom stereocenters. The van der Waals surface area contributed by atoms with Crippen molar-refractivity contribution in [3.05, 3.63) is 22.5 Å². The molecule has 3 rings (SSSR count). The molecule has 12 nitrogen and oxygen atoms in total. The molecule has 152 valence electrons. The molecule has 3 N–H and O–H groups in total. The highest BCUT2D eigenvalue weighted by molar-refractivity contribution is 5.74. The smallest absolute Gasteiger partial charge is 0.311 e. The summed E-state index contributed by atoms with van der Waals surface area (Å²) < 4.78 is 17.8. The summed E-state index contributed by atoms with van der Waals surface area (Å²) in [7, 11) is 0. The Kier molecular flexibility index (Phi) is 5.72. The van der Waals surface area contributed by atoms with Crippen molar-refractivity contribution in [2.75, 3.05) is 6.61 Å². The molecule has 0 aromatic carbocycles. The predicted octanol–water partition coefficient (Wildman–Crippen LogP) is -0.679. The van der Waals surface area contributed by atoms with Crippen molar-refractivity contribution >= 4 is 23.1 Å². The van der Waals surface area contributed by atoms with Gasteiger partial charge >= 0.3 is 11.9 Å². The molecular formula is C16H20N4O8. The molecular weight excluding hydrogens is 376 g/mol. The highest BCUT2D eigenvalue weighted by Gasteiger charge is 2.40. The van der Waals surface area contributed by atoms with Gasteiger partial charge in [0, 0.05) is 13.3 Å². The Balaban J connectivity index is 1.98. The first-order chi connectivity index (χ1) is 13.3. The Morgan fingerprint density at radius 1 is 1.50 bits per heavy atom. The van der Waals surface area contributed by atoms with Crippen LogP contribution in [0.15, 0.2) is 11.1 Å². The van der Waals surface area contributed by atoms with Crippen molar-refractivity contribution < 1.29 is 34.0 Å². The van der Waals surface area contributed by atoms with E-state index < -0.39 is 48.6 Å². The summed E-state index contributed by atoms with van der Waals surface area (Å²) in [5.41, 5.74) is -0.366. The lowest BCUT2D eigenvalue weighted by molar-refractivity contribution is -0.161. The van der Waals surface area contributed by atoms with Gasteiger partial charge in [-0.1, -0.05) is 0 Å². The fraction of sp³-hybridized carbons (Fsp3) is 0.562. The first kappa shape index (κ1) is 19.9. The molecule has 2 aromatic rings. The number of carbonyl (C=O) groups is 2. The number of hydrogen-bond donors (Lipinski definition) is 3. The number of imidazole rings is 1. The number of aromatic nitrogens is 4. The molecule has 1 fully saturated rings. The summed E-state index contributed by atoms with van der Waals surface area (Å²) in [5, 5.41) is 18.7.